The number of carboxylic acids is 1. The number of halogens is 1. The Bertz CT molecular complexity index is 1120. The molecule has 0 aromatic heterocycles. The smallest absolute Gasteiger partial charge is 0.185 e. The maximum Gasteiger partial charge on any atom is 0.185 e. The summed E-state index contributed by atoms with van der Waals surface area (Å²) in [6.07, 6.45) is 3.12. The van der Waals surface area contributed by atoms with Crippen LogP contribution in [-0.4, -0.2) is 26.0 Å². The highest BCUT2D eigenvalue weighted by Gasteiger charge is 2.09. The molecule has 5 nitrogen and oxygen atoms in total. The van der Waals surface area contributed by atoms with Gasteiger partial charge in [-0.1, -0.05) is 41.9 Å². The highest BCUT2D eigenvalue weighted by molar-refractivity contribution is 6.31. The van der Waals surface area contributed by atoms with E-state index >= 15 is 0 Å². The average molecular weight is 422 g/mol. The summed E-state index contributed by atoms with van der Waals surface area (Å²) in [5, 5.41) is 11.8. The number of benzene rings is 3. The summed E-state index contributed by atoms with van der Waals surface area (Å²) in [6.45, 7) is 0. The van der Waals surface area contributed by atoms with Crippen molar-refractivity contribution in [1.29, 1.82) is 0 Å². The van der Waals surface area contributed by atoms with Crippen LogP contribution < -0.4 is 14.6 Å². The molecule has 6 heteroatoms. The average Bonchev–Trinajstić information content (AvgIpc) is 2.77. The number of hydrogen-bond acceptors (Lipinski definition) is 5. The molecule has 0 saturated carbocycles. The molecular weight excluding hydrogens is 404 g/mol. The van der Waals surface area contributed by atoms with Gasteiger partial charge in [0.25, 0.3) is 0 Å². The fraction of sp³-hybridized carbons (Fsp3) is 0.0833. The third-order valence-electron chi connectivity index (χ3n) is 4.54. The number of aromatic carboxylic acids is 1. The first-order valence-electron chi connectivity index (χ1n) is 8.98. The molecule has 3 aromatic carbocycles. The maximum absolute atomic E-state index is 12.5. The van der Waals surface area contributed by atoms with Crippen molar-refractivity contribution in [2.45, 2.75) is 0 Å². The number of hydrogen-bond donors (Lipinski definition) is 0. The van der Waals surface area contributed by atoms with Gasteiger partial charge in [-0.2, -0.15) is 0 Å². The van der Waals surface area contributed by atoms with Crippen molar-refractivity contribution in [3.63, 3.8) is 0 Å². The number of carbonyl (C=O) groups excluding carboxylic acids is 2. The maximum atomic E-state index is 12.5. The quantitative estimate of drug-likeness (QED) is 0.420. The van der Waals surface area contributed by atoms with Crippen molar-refractivity contribution < 1.29 is 24.2 Å². The molecule has 0 fully saturated rings. The second-order valence-electron chi connectivity index (χ2n) is 6.36. The molecule has 0 bridgehead atoms. The Morgan fingerprint density at radius 3 is 2.30 bits per heavy atom. The highest BCUT2D eigenvalue weighted by Crippen LogP contribution is 2.28. The molecule has 0 N–H and O–H groups in total. The van der Waals surface area contributed by atoms with Crippen molar-refractivity contribution in [3.05, 3.63) is 88.5 Å². The van der Waals surface area contributed by atoms with Gasteiger partial charge in [0.1, 0.15) is 11.5 Å². The minimum absolute atomic E-state index is 0.0324. The van der Waals surface area contributed by atoms with Crippen LogP contribution >= 0.6 is 11.6 Å². The van der Waals surface area contributed by atoms with Gasteiger partial charge in [-0.15, -0.1) is 0 Å². The Balaban J connectivity index is 1.84. The predicted octanol–water partition coefficient (Wildman–Crippen LogP) is 4.28. The van der Waals surface area contributed by atoms with Crippen LogP contribution in [0, 0.1) is 0 Å². The van der Waals surface area contributed by atoms with Crippen LogP contribution in [0.2, 0.25) is 5.02 Å². The standard InChI is InChI=1S/C24H19ClO5/c1-29-19-10-7-17(23(14-19)30-2)8-12-22(26)16-5-3-15(4-6-16)21-13-18(25)9-11-20(21)24(27)28/h3-14H,1-2H3,(H,27,28)/p-1. The Kier molecular flexibility index (Phi) is 6.54. The number of allylic oxidation sites excluding steroid dienone is 1. The zero-order valence-corrected chi connectivity index (χ0v) is 17.1. The first-order chi connectivity index (χ1) is 14.4. The van der Waals surface area contributed by atoms with Crippen molar-refractivity contribution in [3.8, 4) is 22.6 Å². The van der Waals surface area contributed by atoms with Crippen LogP contribution in [0.3, 0.4) is 0 Å². The molecule has 0 aliphatic rings. The van der Waals surface area contributed by atoms with E-state index in [2.05, 4.69) is 0 Å². The summed E-state index contributed by atoms with van der Waals surface area (Å²) in [6, 6.07) is 16.4. The number of ketones is 1. The second kappa shape index (κ2) is 9.29. The first-order valence-corrected chi connectivity index (χ1v) is 9.36. The predicted molar refractivity (Wildman–Crippen MR) is 114 cm³/mol. The fourth-order valence-electron chi connectivity index (χ4n) is 2.97. The van der Waals surface area contributed by atoms with E-state index in [-0.39, 0.29) is 11.3 Å². The Labute approximate surface area is 179 Å². The fourth-order valence-corrected chi connectivity index (χ4v) is 3.14. The largest absolute Gasteiger partial charge is 0.545 e. The third kappa shape index (κ3) is 4.70. The SMILES string of the molecule is COc1ccc(C=CC(=O)c2ccc(-c3cc(Cl)ccc3C(=O)[O-])cc2)c(OC)c1. The molecule has 0 aliphatic carbocycles. The normalized spacial score (nSPS) is 10.8. The molecule has 0 spiro atoms. The van der Waals surface area contributed by atoms with Crippen molar-refractivity contribution >= 4 is 29.4 Å². The summed E-state index contributed by atoms with van der Waals surface area (Å²) in [5.74, 6) is -0.254. The molecule has 0 unspecified atom stereocenters. The van der Waals surface area contributed by atoms with Gasteiger partial charge in [0, 0.05) is 27.8 Å². The van der Waals surface area contributed by atoms with E-state index in [1.165, 1.54) is 18.2 Å². The summed E-state index contributed by atoms with van der Waals surface area (Å²) >= 11 is 6.00. The lowest BCUT2D eigenvalue weighted by atomic mass is 9.98. The zero-order valence-electron chi connectivity index (χ0n) is 16.3. The summed E-state index contributed by atoms with van der Waals surface area (Å²) in [5.41, 5.74) is 2.28. The zero-order chi connectivity index (χ0) is 21.7. The second-order valence-corrected chi connectivity index (χ2v) is 6.80. The third-order valence-corrected chi connectivity index (χ3v) is 4.77. The molecular formula is C24H18ClO5-. The van der Waals surface area contributed by atoms with Crippen LogP contribution in [0.5, 0.6) is 11.5 Å². The molecule has 0 amide bonds. The molecule has 0 aliphatic heterocycles. The van der Waals surface area contributed by atoms with Crippen molar-refractivity contribution in [2.75, 3.05) is 14.2 Å². The molecule has 30 heavy (non-hydrogen) atoms. The summed E-state index contributed by atoms with van der Waals surface area (Å²) < 4.78 is 10.5. The van der Waals surface area contributed by atoms with Crippen molar-refractivity contribution in [2.24, 2.45) is 0 Å². The number of rotatable bonds is 7. The molecule has 0 saturated heterocycles. The molecule has 0 heterocycles. The van der Waals surface area contributed by atoms with Gasteiger partial charge in [-0.05, 0) is 47.5 Å². The molecule has 0 radical (unpaired) electrons. The van der Waals surface area contributed by atoms with Gasteiger partial charge in [-0.3, -0.25) is 4.79 Å². The van der Waals surface area contributed by atoms with Crippen LogP contribution in [0.1, 0.15) is 26.3 Å². The van der Waals surface area contributed by atoms with E-state index in [0.29, 0.717) is 33.2 Å². The van der Waals surface area contributed by atoms with Gasteiger partial charge in [-0.25, -0.2) is 0 Å². The molecule has 0 atom stereocenters. The van der Waals surface area contributed by atoms with E-state index in [9.17, 15) is 14.7 Å². The topological polar surface area (TPSA) is 75.7 Å². The Morgan fingerprint density at radius 2 is 1.67 bits per heavy atom. The summed E-state index contributed by atoms with van der Waals surface area (Å²) in [7, 11) is 3.11. The lowest BCUT2D eigenvalue weighted by Gasteiger charge is -2.11. The van der Waals surface area contributed by atoms with E-state index in [1.807, 2.05) is 0 Å². The van der Waals surface area contributed by atoms with E-state index < -0.39 is 5.97 Å². The van der Waals surface area contributed by atoms with Crippen LogP contribution in [-0.2, 0) is 0 Å². The number of carbonyl (C=O) groups is 2. The minimum Gasteiger partial charge on any atom is -0.545 e. The lowest BCUT2D eigenvalue weighted by molar-refractivity contribution is -0.254. The number of carboxylic acid groups (broad SMARTS) is 1. The molecule has 3 aromatic rings. The van der Waals surface area contributed by atoms with Gasteiger partial charge < -0.3 is 19.4 Å². The Morgan fingerprint density at radius 1 is 0.933 bits per heavy atom. The van der Waals surface area contributed by atoms with E-state index in [4.69, 9.17) is 21.1 Å². The van der Waals surface area contributed by atoms with Crippen molar-refractivity contribution in [1.82, 2.24) is 0 Å². The van der Waals surface area contributed by atoms with Gasteiger partial charge >= 0.3 is 0 Å². The van der Waals surface area contributed by atoms with Gasteiger partial charge in [0.05, 0.1) is 20.2 Å². The molecule has 3 rings (SSSR count). The molecule has 152 valence electrons. The first kappa shape index (κ1) is 21.1. The number of methoxy groups -OCH3 is 2. The van der Waals surface area contributed by atoms with Crippen LogP contribution in [0.4, 0.5) is 0 Å². The van der Waals surface area contributed by atoms with E-state index in [1.54, 1.807) is 68.8 Å². The highest BCUT2D eigenvalue weighted by atomic mass is 35.5. The van der Waals surface area contributed by atoms with Gasteiger partial charge in [0.2, 0.25) is 0 Å². The minimum atomic E-state index is -1.29. The van der Waals surface area contributed by atoms with Crippen LogP contribution in [0.15, 0.2) is 66.7 Å². The lowest BCUT2D eigenvalue weighted by Crippen LogP contribution is -2.23. The van der Waals surface area contributed by atoms with Gasteiger partial charge in [0.15, 0.2) is 5.78 Å². The monoisotopic (exact) mass is 421 g/mol. The van der Waals surface area contributed by atoms with Crippen LogP contribution in [0.25, 0.3) is 17.2 Å². The summed E-state index contributed by atoms with van der Waals surface area (Å²) in [4.78, 5) is 23.9. The van der Waals surface area contributed by atoms with E-state index in [0.717, 1.165) is 5.56 Å². The Hall–Kier alpha value is -3.57. The number of ether oxygens (including phenoxy) is 2.